The first-order chi connectivity index (χ1) is 13.7. The van der Waals surface area contributed by atoms with Crippen molar-refractivity contribution in [2.24, 2.45) is 0 Å². The highest BCUT2D eigenvalue weighted by atomic mass is 16.5. The first kappa shape index (κ1) is 19.0. The molecular formula is C22H20N2O4. The van der Waals surface area contributed by atoms with Crippen LogP contribution in [0.1, 0.15) is 5.56 Å². The summed E-state index contributed by atoms with van der Waals surface area (Å²) in [6.45, 7) is -0.0510. The number of hydrogen-bond donors (Lipinski definition) is 2. The highest BCUT2D eigenvalue weighted by molar-refractivity contribution is 5.94. The molecule has 0 unspecified atom stereocenters. The topological polar surface area (TPSA) is 76.7 Å². The van der Waals surface area contributed by atoms with Crippen molar-refractivity contribution in [2.45, 2.75) is 6.61 Å². The Morgan fingerprint density at radius 1 is 0.786 bits per heavy atom. The first-order valence-corrected chi connectivity index (χ1v) is 8.76. The van der Waals surface area contributed by atoms with Crippen molar-refractivity contribution in [3.8, 4) is 11.5 Å². The van der Waals surface area contributed by atoms with E-state index in [4.69, 9.17) is 9.47 Å². The van der Waals surface area contributed by atoms with Gasteiger partial charge in [-0.3, -0.25) is 4.79 Å². The quantitative estimate of drug-likeness (QED) is 0.643. The number of carbonyl (C=O) groups excluding carboxylic acids is 2. The van der Waals surface area contributed by atoms with Crippen molar-refractivity contribution < 1.29 is 19.1 Å². The third-order valence-electron chi connectivity index (χ3n) is 3.70. The van der Waals surface area contributed by atoms with Crippen molar-refractivity contribution in [2.75, 3.05) is 11.9 Å². The van der Waals surface area contributed by atoms with Crippen LogP contribution in [-0.2, 0) is 16.1 Å². The van der Waals surface area contributed by atoms with Gasteiger partial charge in [-0.2, -0.15) is 0 Å². The molecule has 0 aromatic heterocycles. The molecule has 6 heteroatoms. The summed E-state index contributed by atoms with van der Waals surface area (Å²) in [6.07, 6.45) is -0.653. The van der Waals surface area contributed by atoms with Gasteiger partial charge in [0.2, 0.25) is 5.91 Å². The largest absolute Gasteiger partial charge is 0.457 e. The van der Waals surface area contributed by atoms with E-state index in [1.165, 1.54) is 0 Å². The van der Waals surface area contributed by atoms with E-state index in [0.29, 0.717) is 17.2 Å². The summed E-state index contributed by atoms with van der Waals surface area (Å²) in [5, 5.41) is 5.13. The molecule has 0 atom stereocenters. The number of amides is 2. The Kier molecular flexibility index (Phi) is 6.62. The number of hydrogen-bond acceptors (Lipinski definition) is 4. The molecule has 3 aromatic rings. The van der Waals surface area contributed by atoms with Crippen LogP contribution in [0.3, 0.4) is 0 Å². The van der Waals surface area contributed by atoms with Gasteiger partial charge in [0, 0.05) is 11.8 Å². The lowest BCUT2D eigenvalue weighted by atomic mass is 10.2. The number of rotatable bonds is 7. The number of benzene rings is 3. The van der Waals surface area contributed by atoms with E-state index in [1.54, 1.807) is 24.3 Å². The molecule has 0 heterocycles. The van der Waals surface area contributed by atoms with Gasteiger partial charge >= 0.3 is 6.09 Å². The Labute approximate surface area is 163 Å². The molecule has 0 spiro atoms. The summed E-state index contributed by atoms with van der Waals surface area (Å²) in [5.74, 6) is 0.932. The van der Waals surface area contributed by atoms with E-state index in [1.807, 2.05) is 60.7 Å². The fraction of sp³-hybridized carbons (Fsp3) is 0.0909. The van der Waals surface area contributed by atoms with Crippen molar-refractivity contribution in [1.82, 2.24) is 5.32 Å². The fourth-order valence-corrected chi connectivity index (χ4v) is 2.39. The average Bonchev–Trinajstić information content (AvgIpc) is 2.72. The van der Waals surface area contributed by atoms with Gasteiger partial charge in [-0.25, -0.2) is 4.79 Å². The summed E-state index contributed by atoms with van der Waals surface area (Å²) in [4.78, 5) is 23.7. The number of nitrogens with one attached hydrogen (secondary N) is 2. The lowest BCUT2D eigenvalue weighted by Gasteiger charge is -2.10. The van der Waals surface area contributed by atoms with E-state index < -0.39 is 6.09 Å². The molecule has 0 saturated carbocycles. The molecule has 0 aliphatic carbocycles. The van der Waals surface area contributed by atoms with Crippen molar-refractivity contribution >= 4 is 17.7 Å². The highest BCUT2D eigenvalue weighted by Gasteiger charge is 2.08. The second-order valence-electron chi connectivity index (χ2n) is 5.91. The van der Waals surface area contributed by atoms with Gasteiger partial charge in [0.1, 0.15) is 24.7 Å². The molecular weight excluding hydrogens is 356 g/mol. The van der Waals surface area contributed by atoms with Crippen LogP contribution in [0, 0.1) is 0 Å². The van der Waals surface area contributed by atoms with Crippen LogP contribution in [0.4, 0.5) is 10.5 Å². The predicted octanol–water partition coefficient (Wildman–Crippen LogP) is 4.34. The van der Waals surface area contributed by atoms with Crippen molar-refractivity contribution in [3.63, 3.8) is 0 Å². The fourth-order valence-electron chi connectivity index (χ4n) is 2.39. The Morgan fingerprint density at radius 3 is 2.21 bits per heavy atom. The number of ether oxygens (including phenoxy) is 2. The average molecular weight is 376 g/mol. The van der Waals surface area contributed by atoms with E-state index in [0.717, 1.165) is 5.56 Å². The van der Waals surface area contributed by atoms with Gasteiger partial charge in [0.25, 0.3) is 0 Å². The maximum absolute atomic E-state index is 12.0. The second kappa shape index (κ2) is 9.78. The van der Waals surface area contributed by atoms with Crippen LogP contribution in [-0.4, -0.2) is 18.5 Å². The Balaban J connectivity index is 1.44. The van der Waals surface area contributed by atoms with Crippen LogP contribution >= 0.6 is 0 Å². The smallest absolute Gasteiger partial charge is 0.407 e. The van der Waals surface area contributed by atoms with Crippen LogP contribution in [0.15, 0.2) is 84.9 Å². The minimum Gasteiger partial charge on any atom is -0.457 e. The molecule has 3 aromatic carbocycles. The molecule has 0 aliphatic heterocycles. The van der Waals surface area contributed by atoms with Gasteiger partial charge in [-0.15, -0.1) is 0 Å². The Bertz CT molecular complexity index is 914. The standard InChI is InChI=1S/C22H20N2O4/c25-21(15-23-22(26)27-16-17-8-3-1-4-9-17)24-18-10-7-13-20(14-18)28-19-11-5-2-6-12-19/h1-14H,15-16H2,(H,23,26)(H,24,25). The number of alkyl carbamates (subject to hydrolysis) is 1. The zero-order chi connectivity index (χ0) is 19.6. The molecule has 2 N–H and O–H groups in total. The first-order valence-electron chi connectivity index (χ1n) is 8.76. The summed E-state index contributed by atoms with van der Waals surface area (Å²) < 4.78 is 10.8. The SMILES string of the molecule is O=C(CNC(=O)OCc1ccccc1)Nc1cccc(Oc2ccccc2)c1. The summed E-state index contributed by atoms with van der Waals surface area (Å²) >= 11 is 0. The van der Waals surface area contributed by atoms with Gasteiger partial charge in [0.15, 0.2) is 0 Å². The van der Waals surface area contributed by atoms with Crippen LogP contribution < -0.4 is 15.4 Å². The molecule has 28 heavy (non-hydrogen) atoms. The molecule has 3 rings (SSSR count). The molecule has 0 fully saturated rings. The molecule has 0 bridgehead atoms. The number of anilines is 1. The third-order valence-corrected chi connectivity index (χ3v) is 3.70. The maximum Gasteiger partial charge on any atom is 0.407 e. The van der Waals surface area contributed by atoms with Crippen molar-refractivity contribution in [1.29, 1.82) is 0 Å². The van der Waals surface area contributed by atoms with Gasteiger partial charge in [0.05, 0.1) is 0 Å². The second-order valence-corrected chi connectivity index (χ2v) is 5.91. The van der Waals surface area contributed by atoms with Crippen LogP contribution in [0.5, 0.6) is 11.5 Å². The van der Waals surface area contributed by atoms with Crippen molar-refractivity contribution in [3.05, 3.63) is 90.5 Å². The molecule has 6 nitrogen and oxygen atoms in total. The minimum atomic E-state index is -0.653. The highest BCUT2D eigenvalue weighted by Crippen LogP contribution is 2.23. The van der Waals surface area contributed by atoms with Gasteiger partial charge < -0.3 is 20.1 Å². The molecule has 0 saturated heterocycles. The van der Waals surface area contributed by atoms with E-state index in [-0.39, 0.29) is 19.1 Å². The lowest BCUT2D eigenvalue weighted by molar-refractivity contribution is -0.115. The lowest BCUT2D eigenvalue weighted by Crippen LogP contribution is -2.33. The zero-order valence-electron chi connectivity index (χ0n) is 15.1. The summed E-state index contributed by atoms with van der Waals surface area (Å²) in [7, 11) is 0. The molecule has 142 valence electrons. The van der Waals surface area contributed by atoms with E-state index in [2.05, 4.69) is 10.6 Å². The summed E-state index contributed by atoms with van der Waals surface area (Å²) in [6, 6.07) is 25.7. The van der Waals surface area contributed by atoms with Gasteiger partial charge in [-0.05, 0) is 29.8 Å². The number of carbonyl (C=O) groups is 2. The Morgan fingerprint density at radius 2 is 1.46 bits per heavy atom. The van der Waals surface area contributed by atoms with E-state index >= 15 is 0 Å². The van der Waals surface area contributed by atoms with E-state index in [9.17, 15) is 9.59 Å². The zero-order valence-corrected chi connectivity index (χ0v) is 15.1. The maximum atomic E-state index is 12.0. The third kappa shape index (κ3) is 6.17. The molecule has 0 radical (unpaired) electrons. The predicted molar refractivity (Wildman–Crippen MR) is 106 cm³/mol. The monoisotopic (exact) mass is 376 g/mol. The Hall–Kier alpha value is -3.80. The number of para-hydroxylation sites is 1. The normalized spacial score (nSPS) is 10.0. The van der Waals surface area contributed by atoms with Crippen LogP contribution in [0.2, 0.25) is 0 Å². The summed E-state index contributed by atoms with van der Waals surface area (Å²) in [5.41, 5.74) is 1.44. The minimum absolute atomic E-state index is 0.146. The molecule has 0 aliphatic rings. The molecule has 2 amide bonds. The van der Waals surface area contributed by atoms with Gasteiger partial charge in [-0.1, -0.05) is 54.6 Å². The van der Waals surface area contributed by atoms with Crippen LogP contribution in [0.25, 0.3) is 0 Å².